The van der Waals surface area contributed by atoms with Gasteiger partial charge >= 0.3 is 6.18 Å². The Bertz CT molecular complexity index is 1010. The Morgan fingerprint density at radius 2 is 1.82 bits per heavy atom. The van der Waals surface area contributed by atoms with E-state index in [9.17, 15) is 17.6 Å². The molecule has 0 spiro atoms. The molecular weight excluding hydrogens is 400 g/mol. The second-order valence-electron chi connectivity index (χ2n) is 5.70. The molecule has 0 saturated carbocycles. The van der Waals surface area contributed by atoms with E-state index >= 15 is 0 Å². The summed E-state index contributed by atoms with van der Waals surface area (Å²) in [5.74, 6) is 0.198. The number of hydrogen-bond acceptors (Lipinski definition) is 7. The lowest BCUT2D eigenvalue weighted by molar-refractivity contribution is -0.137. The van der Waals surface area contributed by atoms with Crippen LogP contribution in [-0.2, 0) is 6.18 Å². The molecule has 2 aromatic heterocycles. The number of thiophene rings is 1. The van der Waals surface area contributed by atoms with Crippen LogP contribution in [-0.4, -0.2) is 23.2 Å². The number of anilines is 4. The molecule has 2 N–H and O–H groups in total. The molecule has 0 radical (unpaired) electrons. The number of nitrogens with one attached hydrogen (secondary N) is 2. The molecule has 1 aliphatic heterocycles. The van der Waals surface area contributed by atoms with Crippen molar-refractivity contribution < 1.29 is 27.0 Å². The van der Waals surface area contributed by atoms with E-state index in [0.717, 1.165) is 29.0 Å². The van der Waals surface area contributed by atoms with Crippen molar-refractivity contribution in [2.45, 2.75) is 6.18 Å². The summed E-state index contributed by atoms with van der Waals surface area (Å²) in [6.07, 6.45) is -3.51. The van der Waals surface area contributed by atoms with Crippen LogP contribution in [0.2, 0.25) is 0 Å². The zero-order valence-corrected chi connectivity index (χ0v) is 14.8. The second kappa shape index (κ2) is 7.15. The standard InChI is InChI=1S/C17H12F4N4O2S/c18-11-7-22-16(24-14-5-9(8-28-14)17(19,20)21)25-15(11)23-10-1-2-12-13(6-10)27-4-3-26-12/h1-2,5-8H,3-4H2,(H2,22,23,24,25). The molecule has 0 bridgehead atoms. The lowest BCUT2D eigenvalue weighted by atomic mass is 10.2. The molecule has 0 saturated heterocycles. The molecule has 1 aliphatic rings. The summed E-state index contributed by atoms with van der Waals surface area (Å²) in [6.45, 7) is 0.862. The first kappa shape index (κ1) is 18.3. The van der Waals surface area contributed by atoms with Crippen LogP contribution in [0.5, 0.6) is 11.5 Å². The predicted octanol–water partition coefficient (Wildman–Crippen LogP) is 4.95. The molecule has 6 nitrogen and oxygen atoms in total. The van der Waals surface area contributed by atoms with Gasteiger partial charge < -0.3 is 20.1 Å². The van der Waals surface area contributed by atoms with Crippen LogP contribution in [0.4, 0.5) is 40.0 Å². The van der Waals surface area contributed by atoms with Crippen LogP contribution in [0.15, 0.2) is 35.8 Å². The van der Waals surface area contributed by atoms with Gasteiger partial charge in [0.25, 0.3) is 0 Å². The van der Waals surface area contributed by atoms with Crippen molar-refractivity contribution in [1.82, 2.24) is 9.97 Å². The van der Waals surface area contributed by atoms with Crippen molar-refractivity contribution in [3.05, 3.63) is 47.2 Å². The highest BCUT2D eigenvalue weighted by Gasteiger charge is 2.31. The van der Waals surface area contributed by atoms with Crippen LogP contribution in [0, 0.1) is 5.82 Å². The van der Waals surface area contributed by atoms with E-state index in [1.165, 1.54) is 0 Å². The van der Waals surface area contributed by atoms with E-state index in [2.05, 4.69) is 20.6 Å². The summed E-state index contributed by atoms with van der Waals surface area (Å²) in [4.78, 5) is 7.75. The second-order valence-corrected chi connectivity index (χ2v) is 6.61. The average Bonchev–Trinajstić information content (AvgIpc) is 3.13. The minimum Gasteiger partial charge on any atom is -0.486 e. The number of fused-ring (bicyclic) bond motifs is 1. The summed E-state index contributed by atoms with van der Waals surface area (Å²) >= 11 is 0.845. The molecule has 0 atom stereocenters. The zero-order chi connectivity index (χ0) is 19.7. The normalized spacial score (nSPS) is 13.3. The summed E-state index contributed by atoms with van der Waals surface area (Å²) in [5.41, 5.74) is -0.278. The van der Waals surface area contributed by atoms with E-state index in [0.29, 0.717) is 30.4 Å². The highest BCUT2D eigenvalue weighted by atomic mass is 32.1. The Morgan fingerprint density at radius 3 is 2.57 bits per heavy atom. The van der Waals surface area contributed by atoms with Crippen molar-refractivity contribution >= 4 is 33.8 Å². The minimum absolute atomic E-state index is 0.0444. The van der Waals surface area contributed by atoms with Crippen LogP contribution in [0.1, 0.15) is 5.56 Å². The topological polar surface area (TPSA) is 68.3 Å². The maximum Gasteiger partial charge on any atom is 0.417 e. The maximum atomic E-state index is 14.1. The lowest BCUT2D eigenvalue weighted by Crippen LogP contribution is -2.15. The van der Waals surface area contributed by atoms with E-state index in [1.54, 1.807) is 18.2 Å². The van der Waals surface area contributed by atoms with E-state index in [4.69, 9.17) is 9.47 Å². The van der Waals surface area contributed by atoms with Crippen LogP contribution in [0.25, 0.3) is 0 Å². The fourth-order valence-electron chi connectivity index (χ4n) is 2.43. The third kappa shape index (κ3) is 3.93. The third-order valence-corrected chi connectivity index (χ3v) is 4.56. The molecule has 1 aromatic carbocycles. The number of ether oxygens (including phenoxy) is 2. The maximum absolute atomic E-state index is 14.1. The first-order valence-electron chi connectivity index (χ1n) is 8.00. The van der Waals surface area contributed by atoms with Gasteiger partial charge in [-0.3, -0.25) is 0 Å². The van der Waals surface area contributed by atoms with Gasteiger partial charge in [-0.25, -0.2) is 9.37 Å². The highest BCUT2D eigenvalue weighted by Crippen LogP contribution is 2.36. The van der Waals surface area contributed by atoms with Crippen molar-refractivity contribution in [2.24, 2.45) is 0 Å². The Morgan fingerprint density at radius 1 is 1.04 bits per heavy atom. The van der Waals surface area contributed by atoms with Gasteiger partial charge in [-0.15, -0.1) is 11.3 Å². The summed E-state index contributed by atoms with van der Waals surface area (Å²) in [7, 11) is 0. The highest BCUT2D eigenvalue weighted by molar-refractivity contribution is 7.14. The smallest absolute Gasteiger partial charge is 0.417 e. The van der Waals surface area contributed by atoms with Gasteiger partial charge in [-0.1, -0.05) is 0 Å². The van der Waals surface area contributed by atoms with E-state index in [1.807, 2.05) is 0 Å². The van der Waals surface area contributed by atoms with E-state index in [-0.39, 0.29) is 16.8 Å². The van der Waals surface area contributed by atoms with Gasteiger partial charge in [-0.05, 0) is 18.2 Å². The summed E-state index contributed by atoms with van der Waals surface area (Å²) in [6, 6.07) is 5.92. The number of benzene rings is 1. The Balaban J connectivity index is 1.53. The van der Waals surface area contributed by atoms with Crippen LogP contribution < -0.4 is 20.1 Å². The van der Waals surface area contributed by atoms with Crippen molar-refractivity contribution in [1.29, 1.82) is 0 Å². The summed E-state index contributed by atoms with van der Waals surface area (Å²) < 4.78 is 63.0. The molecule has 0 unspecified atom stereocenters. The first-order valence-corrected chi connectivity index (χ1v) is 8.88. The Hall–Kier alpha value is -3.08. The molecule has 0 aliphatic carbocycles. The number of hydrogen-bond donors (Lipinski definition) is 2. The fourth-order valence-corrected chi connectivity index (χ4v) is 3.23. The van der Waals surface area contributed by atoms with Crippen molar-refractivity contribution in [2.75, 3.05) is 23.8 Å². The molecule has 146 valence electrons. The first-order chi connectivity index (χ1) is 13.4. The number of rotatable bonds is 4. The minimum atomic E-state index is -4.44. The van der Waals surface area contributed by atoms with Gasteiger partial charge in [-0.2, -0.15) is 18.2 Å². The molecule has 3 heterocycles. The summed E-state index contributed by atoms with van der Waals surface area (Å²) in [5, 5.41) is 6.60. The number of aromatic nitrogens is 2. The van der Waals surface area contributed by atoms with Crippen molar-refractivity contribution in [3.8, 4) is 11.5 Å². The molecule has 11 heteroatoms. The lowest BCUT2D eigenvalue weighted by Gasteiger charge is -2.19. The van der Waals surface area contributed by atoms with Crippen LogP contribution >= 0.6 is 11.3 Å². The third-order valence-electron chi connectivity index (χ3n) is 3.71. The van der Waals surface area contributed by atoms with Gasteiger partial charge in [0.15, 0.2) is 23.1 Å². The van der Waals surface area contributed by atoms with Crippen molar-refractivity contribution in [3.63, 3.8) is 0 Å². The molecular formula is C17H12F4N4O2S. The molecule has 28 heavy (non-hydrogen) atoms. The number of alkyl halides is 3. The predicted molar refractivity (Wildman–Crippen MR) is 95.3 cm³/mol. The van der Waals surface area contributed by atoms with Gasteiger partial charge in [0.2, 0.25) is 5.95 Å². The van der Waals surface area contributed by atoms with Crippen LogP contribution in [0.3, 0.4) is 0 Å². The Kier molecular flexibility index (Phi) is 4.67. The number of halogens is 4. The monoisotopic (exact) mass is 412 g/mol. The molecule has 4 rings (SSSR count). The molecule has 0 amide bonds. The Labute approximate surface area is 160 Å². The number of nitrogens with zero attached hydrogens (tertiary/aromatic N) is 2. The van der Waals surface area contributed by atoms with Gasteiger partial charge in [0.05, 0.1) is 16.8 Å². The van der Waals surface area contributed by atoms with Gasteiger partial charge in [0, 0.05) is 17.1 Å². The SMILES string of the molecule is Fc1cnc(Nc2cc(C(F)(F)F)cs2)nc1Nc1ccc2c(c1)OCCO2. The zero-order valence-electron chi connectivity index (χ0n) is 14.0. The quantitative estimate of drug-likeness (QED) is 0.591. The molecule has 3 aromatic rings. The molecule has 0 fully saturated rings. The van der Waals surface area contributed by atoms with Gasteiger partial charge in [0.1, 0.15) is 13.2 Å². The van der Waals surface area contributed by atoms with E-state index < -0.39 is 17.6 Å². The average molecular weight is 412 g/mol. The largest absolute Gasteiger partial charge is 0.486 e. The fraction of sp³-hybridized carbons (Fsp3) is 0.176.